The third-order valence-electron chi connectivity index (χ3n) is 11.5. The lowest BCUT2D eigenvalue weighted by molar-refractivity contribution is -0.123. The molecule has 0 unspecified atom stereocenters. The van der Waals surface area contributed by atoms with Gasteiger partial charge in [0.25, 0.3) is 17.9 Å². The number of sulfonamides is 1. The zero-order chi connectivity index (χ0) is 44.0. The zero-order valence-electron chi connectivity index (χ0n) is 32.8. The number of hydrogen-bond donors (Lipinski definition) is 2. The number of ether oxygens (including phenoxy) is 1. The lowest BCUT2D eigenvalue weighted by Crippen LogP contribution is -2.38. The summed E-state index contributed by atoms with van der Waals surface area (Å²) in [4.78, 5) is 36.1. The van der Waals surface area contributed by atoms with E-state index in [-0.39, 0.29) is 67.5 Å². The summed E-state index contributed by atoms with van der Waals surface area (Å²) < 4.78 is 125. The molecule has 22 heteroatoms. The Morgan fingerprint density at radius 3 is 2.47 bits per heavy atom. The summed E-state index contributed by atoms with van der Waals surface area (Å²) in [5, 5.41) is 11.0. The first-order valence-corrected chi connectivity index (χ1v) is 21.6. The Kier molecular flexibility index (Phi) is 10.3. The second-order valence-electron chi connectivity index (χ2n) is 15.5. The van der Waals surface area contributed by atoms with E-state index < -0.39 is 87.7 Å². The van der Waals surface area contributed by atoms with E-state index in [1.165, 1.54) is 30.8 Å². The topological polar surface area (TPSA) is 158 Å². The van der Waals surface area contributed by atoms with Crippen molar-refractivity contribution in [2.75, 3.05) is 41.7 Å². The van der Waals surface area contributed by atoms with E-state index in [0.717, 1.165) is 16.7 Å². The van der Waals surface area contributed by atoms with Crippen molar-refractivity contribution in [2.24, 2.45) is 13.0 Å². The highest BCUT2D eigenvalue weighted by atomic mass is 35.5. The molecule has 2 aliphatic carbocycles. The molecule has 2 N–H and O–H groups in total. The van der Waals surface area contributed by atoms with Crippen molar-refractivity contribution in [1.29, 1.82) is 0 Å². The van der Waals surface area contributed by atoms with Crippen molar-refractivity contribution in [3.63, 3.8) is 0 Å². The number of rotatable bonds is 12. The summed E-state index contributed by atoms with van der Waals surface area (Å²) in [6.45, 7) is 2.38. The Balaban J connectivity index is 1.24. The van der Waals surface area contributed by atoms with Crippen molar-refractivity contribution in [2.45, 2.75) is 50.6 Å². The Bertz CT molecular complexity index is 2970. The first kappa shape index (κ1) is 41.7. The van der Waals surface area contributed by atoms with Crippen molar-refractivity contribution in [1.82, 2.24) is 34.4 Å². The summed E-state index contributed by atoms with van der Waals surface area (Å²) in [7, 11) is -2.42. The second-order valence-corrected chi connectivity index (χ2v) is 17.9. The minimum atomic E-state index is -3.89. The third kappa shape index (κ3) is 7.22. The number of amides is 1. The first-order valence-electron chi connectivity index (χ1n) is 19.5. The van der Waals surface area contributed by atoms with Gasteiger partial charge in [-0.15, -0.1) is 0 Å². The van der Waals surface area contributed by atoms with Gasteiger partial charge in [0.2, 0.25) is 15.9 Å². The maximum absolute atomic E-state index is 15.5. The largest absolute Gasteiger partial charge is 0.378 e. The summed E-state index contributed by atoms with van der Waals surface area (Å²) in [6.07, 6.45) is -3.63. The number of aromatic nitrogens is 6. The van der Waals surface area contributed by atoms with Gasteiger partial charge in [0.1, 0.15) is 35.4 Å². The van der Waals surface area contributed by atoms with Crippen LogP contribution < -0.4 is 20.5 Å². The van der Waals surface area contributed by atoms with Gasteiger partial charge in [0, 0.05) is 49.8 Å². The number of halogens is 7. The molecule has 62 heavy (non-hydrogen) atoms. The average Bonchev–Trinajstić information content (AvgIpc) is 3.76. The van der Waals surface area contributed by atoms with Crippen LogP contribution in [-0.4, -0.2) is 75.5 Å². The summed E-state index contributed by atoms with van der Waals surface area (Å²) in [5.41, 5.74) is -1.61. The molecule has 326 valence electrons. The van der Waals surface area contributed by atoms with E-state index in [0.29, 0.717) is 42.7 Å². The van der Waals surface area contributed by atoms with Crippen molar-refractivity contribution < 1.29 is 44.3 Å². The fourth-order valence-corrected chi connectivity index (χ4v) is 9.45. The van der Waals surface area contributed by atoms with Crippen molar-refractivity contribution >= 4 is 60.8 Å². The minimum absolute atomic E-state index is 0.00287. The lowest BCUT2D eigenvalue weighted by Gasteiger charge is -2.29. The number of carbonyl (C=O) groups is 1. The number of carbonyl (C=O) groups excluding carboxylic acids is 1. The molecular weight excluding hydrogens is 868 g/mol. The Labute approximate surface area is 353 Å². The number of alkyl halides is 4. The lowest BCUT2D eigenvalue weighted by atomic mass is 10.0. The number of aryl methyl sites for hydroxylation is 1. The molecule has 6 aromatic rings. The van der Waals surface area contributed by atoms with Gasteiger partial charge < -0.3 is 15.0 Å². The van der Waals surface area contributed by atoms with E-state index >= 15 is 13.6 Å². The predicted octanol–water partition coefficient (Wildman–Crippen LogP) is 6.25. The van der Waals surface area contributed by atoms with Crippen LogP contribution in [0, 0.1) is 17.6 Å². The van der Waals surface area contributed by atoms with Gasteiger partial charge in [-0.25, -0.2) is 31.0 Å². The third-order valence-corrected chi connectivity index (χ3v) is 13.1. The van der Waals surface area contributed by atoms with E-state index in [2.05, 4.69) is 20.2 Å². The molecule has 1 aliphatic heterocycles. The van der Waals surface area contributed by atoms with Crippen LogP contribution in [0.3, 0.4) is 0 Å². The fourth-order valence-electron chi connectivity index (χ4n) is 8.63. The zero-order valence-corrected chi connectivity index (χ0v) is 34.4. The second kappa shape index (κ2) is 15.3. The average molecular weight is 904 g/mol. The van der Waals surface area contributed by atoms with Crippen LogP contribution in [0.15, 0.2) is 53.3 Å². The quantitative estimate of drug-likeness (QED) is 0.136. The van der Waals surface area contributed by atoms with Gasteiger partial charge in [-0.2, -0.15) is 19.0 Å². The molecule has 0 radical (unpaired) electrons. The molecule has 1 amide bonds. The molecule has 4 heterocycles. The highest BCUT2D eigenvalue weighted by Gasteiger charge is 2.67. The normalized spacial score (nSPS) is 18.6. The first-order chi connectivity index (χ1) is 29.4. The van der Waals surface area contributed by atoms with E-state index in [9.17, 15) is 30.8 Å². The van der Waals surface area contributed by atoms with E-state index in [1.807, 2.05) is 4.90 Å². The van der Waals surface area contributed by atoms with Crippen LogP contribution in [0.4, 0.5) is 37.8 Å². The van der Waals surface area contributed by atoms with Crippen LogP contribution >= 0.6 is 11.6 Å². The summed E-state index contributed by atoms with van der Waals surface area (Å²) >= 11 is 6.67. The van der Waals surface area contributed by atoms with Gasteiger partial charge in [-0.1, -0.05) is 11.6 Å². The predicted molar refractivity (Wildman–Crippen MR) is 216 cm³/mol. The molecule has 1 saturated heterocycles. The van der Waals surface area contributed by atoms with Crippen LogP contribution in [-0.2, 0) is 45.5 Å². The summed E-state index contributed by atoms with van der Waals surface area (Å²) in [6, 6.07) is 8.92. The highest BCUT2D eigenvalue weighted by Crippen LogP contribution is 2.68. The summed E-state index contributed by atoms with van der Waals surface area (Å²) in [5.74, 6) is -9.20. The van der Waals surface area contributed by atoms with Crippen LogP contribution in [0.5, 0.6) is 0 Å². The molecule has 1 saturated carbocycles. The molecule has 3 aromatic heterocycles. The fraction of sp³-hybridized carbons (Fsp3) is 0.375. The maximum Gasteiger partial charge on any atom is 0.293 e. The molecular formula is C40H36ClF6N9O5S. The molecule has 0 spiro atoms. The number of nitrogens with zero attached hydrogens (tertiary/aromatic N) is 7. The number of benzene rings is 3. The van der Waals surface area contributed by atoms with Gasteiger partial charge >= 0.3 is 0 Å². The number of nitrogens with one attached hydrogen (secondary N) is 2. The number of anilines is 2. The Morgan fingerprint density at radius 1 is 1.05 bits per heavy atom. The standard InChI is InChI=1S/C40H36ClF6N9O5S/c1-3-62(59,60)52-37-32-26(41)6-7-29(34(32)53(2)51-37)56-38(49-27-16-22(4-5-23(27)39(56)58)54-8-10-61-11-9-54)28(14-19-12-20(42)15-21(43)13-19)48-30(57)18-55-35-31(33(50-55)36(44)45)24-17-25(24)40(35,46)47/h4-7,12-13,15-16,24-25,28,36H,3,8-11,14,17-18H2,1-2H3,(H,48,57)(H,51,52)/t24-,25+,28-/m0/s1. The van der Waals surface area contributed by atoms with E-state index in [4.69, 9.17) is 21.3 Å². The van der Waals surface area contributed by atoms with Crippen LogP contribution in [0.25, 0.3) is 27.5 Å². The minimum Gasteiger partial charge on any atom is -0.378 e. The molecule has 2 fully saturated rings. The molecule has 9 rings (SSSR count). The van der Waals surface area contributed by atoms with Crippen molar-refractivity contribution in [3.8, 4) is 5.69 Å². The number of fused-ring (bicyclic) bond motifs is 5. The SMILES string of the molecule is CCS(=O)(=O)Nc1nn(C)c2c(-n3c([C@H](Cc4cc(F)cc(F)c4)NC(=O)Cn4nc(C(F)F)c5c4C(F)(F)[C@@H]4C[C@H]54)nc4cc(N5CCOCC5)ccc4c3=O)ccc(Cl)c12. The van der Waals surface area contributed by atoms with Crippen molar-refractivity contribution in [3.05, 3.63) is 104 Å². The molecule has 3 aromatic carbocycles. The molecule has 14 nitrogen and oxygen atoms in total. The van der Waals surface area contributed by atoms with Gasteiger partial charge in [-0.3, -0.25) is 28.2 Å². The Hall–Kier alpha value is -5.67. The smallest absolute Gasteiger partial charge is 0.293 e. The Morgan fingerprint density at radius 2 is 1.77 bits per heavy atom. The van der Waals surface area contributed by atoms with Gasteiger partial charge in [0.15, 0.2) is 5.82 Å². The number of hydrogen-bond acceptors (Lipinski definition) is 9. The van der Waals surface area contributed by atoms with Crippen LogP contribution in [0.1, 0.15) is 60.1 Å². The monoisotopic (exact) mass is 903 g/mol. The highest BCUT2D eigenvalue weighted by molar-refractivity contribution is 7.92. The number of morpholine rings is 1. The van der Waals surface area contributed by atoms with E-state index in [1.54, 1.807) is 18.2 Å². The van der Waals surface area contributed by atoms with Crippen LogP contribution in [0.2, 0.25) is 5.02 Å². The molecule has 0 bridgehead atoms. The molecule has 3 aliphatic rings. The van der Waals surface area contributed by atoms with Gasteiger partial charge in [0.05, 0.1) is 57.5 Å². The maximum atomic E-state index is 15.5. The van der Waals surface area contributed by atoms with Gasteiger partial charge in [-0.05, 0) is 67.3 Å². The molecule has 3 atom stereocenters.